The largest absolute Gasteiger partial charge is 0.573 e. The van der Waals surface area contributed by atoms with Crippen molar-refractivity contribution in [2.45, 2.75) is 37.7 Å². The van der Waals surface area contributed by atoms with Crippen LogP contribution in [0.4, 0.5) is 18.9 Å². The van der Waals surface area contributed by atoms with Crippen LogP contribution in [0, 0.1) is 0 Å². The van der Waals surface area contributed by atoms with Crippen molar-refractivity contribution in [2.24, 2.45) is 0 Å². The number of hydrogen-bond donors (Lipinski definition) is 2. The van der Waals surface area contributed by atoms with E-state index in [4.69, 9.17) is 0 Å². The summed E-state index contributed by atoms with van der Waals surface area (Å²) in [5, 5.41) is 6.89. The maximum atomic E-state index is 12.7. The van der Waals surface area contributed by atoms with E-state index in [-0.39, 0.29) is 18.3 Å². The zero-order valence-corrected chi connectivity index (χ0v) is 17.0. The number of hydrogen-bond acceptors (Lipinski definition) is 3. The molecular formula is C25H25F3N2O. The summed E-state index contributed by atoms with van der Waals surface area (Å²) in [6.45, 7) is 1.20. The van der Waals surface area contributed by atoms with Gasteiger partial charge in [0.2, 0.25) is 0 Å². The smallest absolute Gasteiger partial charge is 0.405 e. The van der Waals surface area contributed by atoms with E-state index in [0.717, 1.165) is 25.1 Å². The number of para-hydroxylation sites is 1. The van der Waals surface area contributed by atoms with Gasteiger partial charge in [-0.3, -0.25) is 0 Å². The van der Waals surface area contributed by atoms with E-state index in [9.17, 15) is 13.2 Å². The van der Waals surface area contributed by atoms with Gasteiger partial charge in [0, 0.05) is 29.8 Å². The van der Waals surface area contributed by atoms with Crippen molar-refractivity contribution in [3.05, 3.63) is 95.6 Å². The quantitative estimate of drug-likeness (QED) is 0.478. The van der Waals surface area contributed by atoms with E-state index >= 15 is 0 Å². The van der Waals surface area contributed by atoms with Crippen molar-refractivity contribution >= 4 is 5.69 Å². The molecule has 162 valence electrons. The Kier molecular flexibility index (Phi) is 6.47. The van der Waals surface area contributed by atoms with E-state index in [1.54, 1.807) is 12.1 Å². The van der Waals surface area contributed by atoms with Gasteiger partial charge in [-0.25, -0.2) is 0 Å². The first-order chi connectivity index (χ1) is 15.0. The molecule has 1 heterocycles. The molecule has 1 aliphatic rings. The monoisotopic (exact) mass is 426 g/mol. The van der Waals surface area contributed by atoms with Gasteiger partial charge in [-0.2, -0.15) is 0 Å². The molecule has 3 aromatic carbocycles. The van der Waals surface area contributed by atoms with Gasteiger partial charge in [0.15, 0.2) is 0 Å². The van der Waals surface area contributed by atoms with Crippen molar-refractivity contribution < 1.29 is 17.9 Å². The molecular weight excluding hydrogens is 401 g/mol. The maximum absolute atomic E-state index is 12.7. The molecule has 0 saturated carbocycles. The Labute approximate surface area is 180 Å². The molecule has 0 amide bonds. The molecule has 1 fully saturated rings. The van der Waals surface area contributed by atoms with Crippen LogP contribution in [0.2, 0.25) is 0 Å². The highest BCUT2D eigenvalue weighted by Crippen LogP contribution is 2.38. The number of ether oxygens (including phenoxy) is 1. The third-order valence-corrected chi connectivity index (χ3v) is 5.61. The minimum atomic E-state index is -4.71. The molecule has 2 N–H and O–H groups in total. The van der Waals surface area contributed by atoms with Gasteiger partial charge in [0.25, 0.3) is 0 Å². The van der Waals surface area contributed by atoms with E-state index < -0.39 is 6.36 Å². The van der Waals surface area contributed by atoms with Crippen LogP contribution in [0.3, 0.4) is 0 Å². The summed E-state index contributed by atoms with van der Waals surface area (Å²) < 4.78 is 42.2. The van der Waals surface area contributed by atoms with Gasteiger partial charge < -0.3 is 15.4 Å². The third-order valence-electron chi connectivity index (χ3n) is 5.61. The fourth-order valence-corrected chi connectivity index (χ4v) is 4.21. The molecule has 0 bridgehead atoms. The minimum absolute atomic E-state index is 0.184. The molecule has 0 aliphatic carbocycles. The Bertz CT molecular complexity index is 991. The normalized spacial score (nSPS) is 19.1. The Morgan fingerprint density at radius 3 is 2.45 bits per heavy atom. The summed E-state index contributed by atoms with van der Waals surface area (Å²) in [5.41, 5.74) is 3.79. The first-order valence-electron chi connectivity index (χ1n) is 10.5. The standard InChI is InChI=1S/C25H25F3N2O/c26-25(27,28)31-23-14-5-4-10-20(23)17-30-21-12-6-11-19(16-21)24-22(13-7-15-29-24)18-8-2-1-3-9-18/h1-6,8-12,14,16,22,24,29-30H,7,13,15,17H2/t22-,24+/m0/s1. The molecule has 2 atom stereocenters. The molecule has 0 aromatic heterocycles. The average Bonchev–Trinajstić information content (AvgIpc) is 2.78. The summed E-state index contributed by atoms with van der Waals surface area (Å²) in [5.74, 6) is 0.197. The van der Waals surface area contributed by atoms with Crippen molar-refractivity contribution in [3.63, 3.8) is 0 Å². The molecule has 0 radical (unpaired) electrons. The summed E-state index contributed by atoms with van der Waals surface area (Å²) >= 11 is 0. The molecule has 6 heteroatoms. The number of piperidine rings is 1. The van der Waals surface area contributed by atoms with Crippen molar-refractivity contribution in [1.29, 1.82) is 0 Å². The van der Waals surface area contributed by atoms with E-state index in [0.29, 0.717) is 11.5 Å². The topological polar surface area (TPSA) is 33.3 Å². The summed E-state index contributed by atoms with van der Waals surface area (Å²) in [7, 11) is 0. The third kappa shape index (κ3) is 5.58. The molecule has 1 saturated heterocycles. The van der Waals surface area contributed by atoms with Gasteiger partial charge in [0.05, 0.1) is 0 Å². The fraction of sp³-hybridized carbons (Fsp3) is 0.280. The van der Waals surface area contributed by atoms with Crippen LogP contribution in [-0.2, 0) is 6.54 Å². The van der Waals surface area contributed by atoms with Crippen LogP contribution in [-0.4, -0.2) is 12.9 Å². The van der Waals surface area contributed by atoms with Crippen molar-refractivity contribution in [2.75, 3.05) is 11.9 Å². The lowest BCUT2D eigenvalue weighted by atomic mass is 9.81. The number of nitrogens with one attached hydrogen (secondary N) is 2. The van der Waals surface area contributed by atoms with Crippen LogP contribution in [0.5, 0.6) is 5.75 Å². The van der Waals surface area contributed by atoms with Gasteiger partial charge >= 0.3 is 6.36 Å². The first-order valence-corrected chi connectivity index (χ1v) is 10.5. The molecule has 3 aromatic rings. The molecule has 31 heavy (non-hydrogen) atoms. The number of halogens is 3. The Morgan fingerprint density at radius 2 is 1.65 bits per heavy atom. The Balaban J connectivity index is 1.50. The van der Waals surface area contributed by atoms with Crippen LogP contribution < -0.4 is 15.4 Å². The SMILES string of the molecule is FC(F)(F)Oc1ccccc1CNc1cccc([C@H]2NCCC[C@H]2c2ccccc2)c1. The predicted molar refractivity (Wildman–Crippen MR) is 116 cm³/mol. The summed E-state index contributed by atoms with van der Waals surface area (Å²) in [6.07, 6.45) is -2.47. The van der Waals surface area contributed by atoms with Gasteiger partial charge in [-0.1, -0.05) is 60.7 Å². The van der Waals surface area contributed by atoms with Crippen LogP contribution >= 0.6 is 0 Å². The second-order valence-corrected chi connectivity index (χ2v) is 7.73. The van der Waals surface area contributed by atoms with E-state index in [2.05, 4.69) is 51.8 Å². The fourth-order valence-electron chi connectivity index (χ4n) is 4.21. The Hall–Kier alpha value is -2.99. The summed E-state index contributed by atoms with van der Waals surface area (Å²) in [6, 6.07) is 25.0. The molecule has 4 rings (SSSR count). The van der Waals surface area contributed by atoms with Gasteiger partial charge in [-0.15, -0.1) is 13.2 Å². The molecule has 0 spiro atoms. The number of anilines is 1. The van der Waals surface area contributed by atoms with E-state index in [1.165, 1.54) is 23.3 Å². The average molecular weight is 426 g/mol. The van der Waals surface area contributed by atoms with Crippen LogP contribution in [0.25, 0.3) is 0 Å². The predicted octanol–water partition coefficient (Wildman–Crippen LogP) is 6.41. The lowest BCUT2D eigenvalue weighted by Crippen LogP contribution is -2.33. The van der Waals surface area contributed by atoms with Gasteiger partial charge in [0.1, 0.15) is 5.75 Å². The molecule has 3 nitrogen and oxygen atoms in total. The second kappa shape index (κ2) is 9.43. The van der Waals surface area contributed by atoms with Crippen LogP contribution in [0.15, 0.2) is 78.9 Å². The Morgan fingerprint density at radius 1 is 0.903 bits per heavy atom. The number of rotatable bonds is 6. The van der Waals surface area contributed by atoms with E-state index in [1.807, 2.05) is 18.2 Å². The zero-order chi connectivity index (χ0) is 21.7. The zero-order valence-electron chi connectivity index (χ0n) is 17.0. The highest BCUT2D eigenvalue weighted by atomic mass is 19.4. The lowest BCUT2D eigenvalue weighted by Gasteiger charge is -2.33. The number of benzene rings is 3. The van der Waals surface area contributed by atoms with Crippen LogP contribution in [0.1, 0.15) is 41.5 Å². The second-order valence-electron chi connectivity index (χ2n) is 7.73. The lowest BCUT2D eigenvalue weighted by molar-refractivity contribution is -0.274. The minimum Gasteiger partial charge on any atom is -0.405 e. The molecule has 1 aliphatic heterocycles. The highest BCUT2D eigenvalue weighted by Gasteiger charge is 2.32. The summed E-state index contributed by atoms with van der Waals surface area (Å²) in [4.78, 5) is 0. The maximum Gasteiger partial charge on any atom is 0.573 e. The van der Waals surface area contributed by atoms with Crippen molar-refractivity contribution in [3.8, 4) is 5.75 Å². The molecule has 0 unspecified atom stereocenters. The highest BCUT2D eigenvalue weighted by molar-refractivity contribution is 5.49. The number of alkyl halides is 3. The first kappa shape index (κ1) is 21.2. The van der Waals surface area contributed by atoms with Crippen molar-refractivity contribution in [1.82, 2.24) is 5.32 Å². The van der Waals surface area contributed by atoms with Gasteiger partial charge in [-0.05, 0) is 48.7 Å².